The molecule has 0 atom stereocenters. The highest BCUT2D eigenvalue weighted by Crippen LogP contribution is 2.22. The summed E-state index contributed by atoms with van der Waals surface area (Å²) in [6.45, 7) is 0. The number of hydrogen-bond donors (Lipinski definition) is 2. The van der Waals surface area contributed by atoms with Gasteiger partial charge in [-0.2, -0.15) is 0 Å². The summed E-state index contributed by atoms with van der Waals surface area (Å²) in [4.78, 5) is 4.12. The quantitative estimate of drug-likeness (QED) is 0.642. The fourth-order valence-electron chi connectivity index (χ4n) is 1.83. The van der Waals surface area contributed by atoms with E-state index in [-0.39, 0.29) is 0 Å². The van der Waals surface area contributed by atoms with Crippen LogP contribution in [0.5, 0.6) is 0 Å². The van der Waals surface area contributed by atoms with Gasteiger partial charge in [0.15, 0.2) is 0 Å². The molecule has 6 heteroatoms. The van der Waals surface area contributed by atoms with Crippen LogP contribution in [0.2, 0.25) is 0 Å². The Morgan fingerprint density at radius 1 is 1.29 bits per heavy atom. The molecule has 0 bridgehead atoms. The highest BCUT2D eigenvalue weighted by molar-refractivity contribution is 7.71. The molecule has 3 N–H and O–H groups in total. The van der Waals surface area contributed by atoms with E-state index >= 15 is 0 Å². The summed E-state index contributed by atoms with van der Waals surface area (Å²) in [6.07, 6.45) is 3.54. The molecule has 17 heavy (non-hydrogen) atoms. The minimum Gasteiger partial charge on any atom is -0.368 e. The lowest BCUT2D eigenvalue weighted by atomic mass is 10.1. The first kappa shape index (κ1) is 9.98. The van der Waals surface area contributed by atoms with Gasteiger partial charge >= 0.3 is 0 Å². The number of nitrogens with two attached hydrogens (primary N) is 1. The number of fused-ring (bicyclic) bond motifs is 1. The number of benzene rings is 1. The number of nitrogen functional groups attached to an aromatic ring is 1. The average molecular weight is 243 g/mol. The van der Waals surface area contributed by atoms with Gasteiger partial charge in [0.1, 0.15) is 0 Å². The van der Waals surface area contributed by atoms with E-state index in [0.29, 0.717) is 10.7 Å². The fraction of sp³-hybridized carbons (Fsp3) is 0. The number of aromatic amines is 1. The number of pyridine rings is 1. The zero-order valence-corrected chi connectivity index (χ0v) is 9.61. The zero-order valence-electron chi connectivity index (χ0n) is 8.79. The van der Waals surface area contributed by atoms with E-state index in [4.69, 9.17) is 18.0 Å². The normalized spacial score (nSPS) is 10.8. The smallest absolute Gasteiger partial charge is 0.225 e. The van der Waals surface area contributed by atoms with Crippen molar-refractivity contribution in [2.45, 2.75) is 0 Å². The number of hydrogen-bond acceptors (Lipinski definition) is 4. The standard InChI is InChI=1S/C11H9N5S/c12-10-14-15-11(17)16(10)9-3-1-2-7-4-5-13-6-8(7)9/h1-6H,(H2,12,14)(H,15,17). The third-order valence-electron chi connectivity index (χ3n) is 2.60. The van der Waals surface area contributed by atoms with Gasteiger partial charge in [0.25, 0.3) is 0 Å². The lowest BCUT2D eigenvalue weighted by Gasteiger charge is -2.07. The number of rotatable bonds is 1. The van der Waals surface area contributed by atoms with E-state index < -0.39 is 0 Å². The van der Waals surface area contributed by atoms with Gasteiger partial charge in [0.2, 0.25) is 10.7 Å². The van der Waals surface area contributed by atoms with Crippen LogP contribution in [0.4, 0.5) is 5.95 Å². The molecule has 0 fully saturated rings. The van der Waals surface area contributed by atoms with Gasteiger partial charge in [0.05, 0.1) is 5.69 Å². The molecule has 0 amide bonds. The lowest BCUT2D eigenvalue weighted by molar-refractivity contribution is 1.05. The Labute approximate surface area is 102 Å². The molecule has 3 aromatic rings. The van der Waals surface area contributed by atoms with Gasteiger partial charge in [-0.05, 0) is 29.7 Å². The Bertz CT molecular complexity index is 737. The Kier molecular flexibility index (Phi) is 2.15. The molecule has 1 aromatic carbocycles. The first-order valence-corrected chi connectivity index (χ1v) is 5.44. The van der Waals surface area contributed by atoms with Crippen LogP contribution in [0.25, 0.3) is 16.5 Å². The molecule has 2 aromatic heterocycles. The van der Waals surface area contributed by atoms with Crippen molar-refractivity contribution in [1.82, 2.24) is 19.7 Å². The van der Waals surface area contributed by atoms with Gasteiger partial charge < -0.3 is 5.73 Å². The largest absolute Gasteiger partial charge is 0.368 e. The molecular weight excluding hydrogens is 234 g/mol. The third-order valence-corrected chi connectivity index (χ3v) is 2.87. The van der Waals surface area contributed by atoms with Crippen LogP contribution >= 0.6 is 12.2 Å². The van der Waals surface area contributed by atoms with E-state index in [1.54, 1.807) is 17.0 Å². The first-order valence-electron chi connectivity index (χ1n) is 5.03. The first-order chi connectivity index (χ1) is 8.27. The molecule has 0 unspecified atom stereocenters. The van der Waals surface area contributed by atoms with Crippen LogP contribution in [-0.2, 0) is 0 Å². The van der Waals surface area contributed by atoms with Crippen molar-refractivity contribution >= 4 is 28.9 Å². The predicted octanol–water partition coefficient (Wildman–Crippen LogP) is 2.06. The molecule has 84 valence electrons. The van der Waals surface area contributed by atoms with Gasteiger partial charge in [-0.25, -0.2) is 5.10 Å². The maximum atomic E-state index is 5.80. The van der Waals surface area contributed by atoms with Crippen LogP contribution in [0.3, 0.4) is 0 Å². The Morgan fingerprint density at radius 3 is 2.94 bits per heavy atom. The molecule has 5 nitrogen and oxygen atoms in total. The second-order valence-corrected chi connectivity index (χ2v) is 3.98. The molecule has 0 aliphatic carbocycles. The predicted molar refractivity (Wildman–Crippen MR) is 68.5 cm³/mol. The highest BCUT2D eigenvalue weighted by Gasteiger charge is 2.08. The molecule has 0 saturated carbocycles. The van der Waals surface area contributed by atoms with Crippen LogP contribution in [0.15, 0.2) is 36.7 Å². The van der Waals surface area contributed by atoms with Crippen LogP contribution in [0, 0.1) is 4.77 Å². The third kappa shape index (κ3) is 1.50. The Hall–Kier alpha value is -2.21. The fourth-order valence-corrected chi connectivity index (χ4v) is 2.07. The van der Waals surface area contributed by atoms with Crippen molar-refractivity contribution in [3.8, 4) is 5.69 Å². The summed E-state index contributed by atoms with van der Waals surface area (Å²) in [5, 5.41) is 8.64. The molecule has 0 aliphatic rings. The minimum atomic E-state index is 0.339. The van der Waals surface area contributed by atoms with Gasteiger partial charge in [-0.15, -0.1) is 5.10 Å². The van der Waals surface area contributed by atoms with E-state index in [1.807, 2.05) is 24.3 Å². The molecule has 0 spiro atoms. The van der Waals surface area contributed by atoms with Crippen LogP contribution in [0.1, 0.15) is 0 Å². The Balaban J connectivity index is 2.43. The van der Waals surface area contributed by atoms with E-state index in [0.717, 1.165) is 16.5 Å². The monoisotopic (exact) mass is 243 g/mol. The maximum Gasteiger partial charge on any atom is 0.225 e. The maximum absolute atomic E-state index is 5.80. The van der Waals surface area contributed by atoms with E-state index in [1.165, 1.54) is 0 Å². The number of aromatic nitrogens is 4. The number of anilines is 1. The molecule has 0 radical (unpaired) electrons. The second-order valence-electron chi connectivity index (χ2n) is 3.60. The van der Waals surface area contributed by atoms with Crippen molar-refractivity contribution in [3.63, 3.8) is 0 Å². The summed E-state index contributed by atoms with van der Waals surface area (Å²) in [7, 11) is 0. The van der Waals surface area contributed by atoms with E-state index in [2.05, 4.69) is 15.2 Å². The average Bonchev–Trinajstić information content (AvgIpc) is 2.69. The number of nitrogens with zero attached hydrogens (tertiary/aromatic N) is 3. The van der Waals surface area contributed by atoms with Gasteiger partial charge in [0, 0.05) is 17.8 Å². The summed E-state index contributed by atoms with van der Waals surface area (Å²) >= 11 is 5.16. The van der Waals surface area contributed by atoms with E-state index in [9.17, 15) is 0 Å². The molecule has 0 aliphatic heterocycles. The van der Waals surface area contributed by atoms with Crippen LogP contribution < -0.4 is 5.73 Å². The number of H-pyrrole nitrogens is 1. The summed E-state index contributed by atoms with van der Waals surface area (Å²) in [5.74, 6) is 0.339. The van der Waals surface area contributed by atoms with Crippen molar-refractivity contribution in [1.29, 1.82) is 0 Å². The van der Waals surface area contributed by atoms with Crippen LogP contribution in [-0.4, -0.2) is 19.7 Å². The second kappa shape index (κ2) is 3.67. The number of nitrogens with one attached hydrogen (secondary N) is 1. The van der Waals surface area contributed by atoms with Crippen molar-refractivity contribution < 1.29 is 0 Å². The van der Waals surface area contributed by atoms with Crippen molar-refractivity contribution in [2.24, 2.45) is 0 Å². The molecule has 2 heterocycles. The summed E-state index contributed by atoms with van der Waals surface area (Å²) < 4.78 is 2.16. The molecular formula is C11H9N5S. The SMILES string of the molecule is Nc1n[nH]c(=S)n1-c1cccc2ccncc12. The summed E-state index contributed by atoms with van der Waals surface area (Å²) in [5.41, 5.74) is 6.68. The van der Waals surface area contributed by atoms with Gasteiger partial charge in [-0.1, -0.05) is 12.1 Å². The Morgan fingerprint density at radius 2 is 2.18 bits per heavy atom. The van der Waals surface area contributed by atoms with Crippen molar-refractivity contribution in [2.75, 3.05) is 5.73 Å². The molecule has 3 rings (SSSR count). The molecule has 0 saturated heterocycles. The highest BCUT2D eigenvalue weighted by atomic mass is 32.1. The van der Waals surface area contributed by atoms with Gasteiger partial charge in [-0.3, -0.25) is 9.55 Å². The zero-order chi connectivity index (χ0) is 11.8. The topological polar surface area (TPSA) is 72.5 Å². The summed E-state index contributed by atoms with van der Waals surface area (Å²) in [6, 6.07) is 7.84. The van der Waals surface area contributed by atoms with Crippen molar-refractivity contribution in [3.05, 3.63) is 41.4 Å². The minimum absolute atomic E-state index is 0.339. The lowest BCUT2D eigenvalue weighted by Crippen LogP contribution is -2.01.